The average molecular weight is 237 g/mol. The highest BCUT2D eigenvalue weighted by molar-refractivity contribution is 5.00. The molecule has 0 spiro atoms. The van der Waals surface area contributed by atoms with Crippen molar-refractivity contribution in [1.82, 2.24) is 15.1 Å². The van der Waals surface area contributed by atoms with Crippen molar-refractivity contribution in [2.24, 2.45) is 0 Å². The van der Waals surface area contributed by atoms with Crippen molar-refractivity contribution in [2.75, 3.05) is 13.2 Å². The van der Waals surface area contributed by atoms with Crippen LogP contribution in [0.2, 0.25) is 0 Å². The molecule has 0 radical (unpaired) electrons. The first-order valence-corrected chi connectivity index (χ1v) is 6.46. The Bertz CT molecular complexity index is 353. The Morgan fingerprint density at radius 2 is 2.41 bits per heavy atom. The first kappa shape index (κ1) is 12.6. The fourth-order valence-electron chi connectivity index (χ4n) is 2.14. The largest absolute Gasteiger partial charge is 0.380 e. The zero-order chi connectivity index (χ0) is 12.3. The van der Waals surface area contributed by atoms with Crippen LogP contribution in [0.4, 0.5) is 0 Å². The molecule has 0 saturated carbocycles. The minimum atomic E-state index is 0.111. The van der Waals surface area contributed by atoms with Crippen molar-refractivity contribution in [2.45, 2.75) is 51.7 Å². The van der Waals surface area contributed by atoms with Gasteiger partial charge in [-0.05, 0) is 39.7 Å². The minimum absolute atomic E-state index is 0.111. The summed E-state index contributed by atoms with van der Waals surface area (Å²) < 4.78 is 7.53. The van der Waals surface area contributed by atoms with E-state index in [2.05, 4.69) is 37.3 Å². The fourth-order valence-corrected chi connectivity index (χ4v) is 2.14. The zero-order valence-electron chi connectivity index (χ0n) is 11.1. The second-order valence-corrected chi connectivity index (χ2v) is 5.45. The predicted molar refractivity (Wildman–Crippen MR) is 67.9 cm³/mol. The van der Waals surface area contributed by atoms with Crippen LogP contribution in [-0.2, 0) is 11.3 Å². The summed E-state index contributed by atoms with van der Waals surface area (Å²) in [5, 5.41) is 8.10. The summed E-state index contributed by atoms with van der Waals surface area (Å²) in [5.74, 6) is 0. The lowest BCUT2D eigenvalue weighted by Gasteiger charge is -2.34. The van der Waals surface area contributed by atoms with Crippen molar-refractivity contribution in [3.63, 3.8) is 0 Å². The van der Waals surface area contributed by atoms with Gasteiger partial charge in [0.05, 0.1) is 12.3 Å². The molecule has 4 heteroatoms. The first-order valence-electron chi connectivity index (χ1n) is 6.46. The summed E-state index contributed by atoms with van der Waals surface area (Å²) in [6.45, 7) is 9.03. The highest BCUT2D eigenvalue weighted by Gasteiger charge is 2.26. The van der Waals surface area contributed by atoms with Gasteiger partial charge >= 0.3 is 0 Å². The molecule has 96 valence electrons. The lowest BCUT2D eigenvalue weighted by atomic mass is 9.95. The number of ether oxygens (including phenoxy) is 1. The molecular weight excluding hydrogens is 214 g/mol. The van der Waals surface area contributed by atoms with Gasteiger partial charge in [-0.2, -0.15) is 5.10 Å². The zero-order valence-corrected chi connectivity index (χ0v) is 11.1. The Balaban J connectivity index is 1.88. The van der Waals surface area contributed by atoms with Crippen LogP contribution < -0.4 is 5.32 Å². The van der Waals surface area contributed by atoms with Gasteiger partial charge in [0.15, 0.2) is 0 Å². The molecule has 0 aromatic carbocycles. The van der Waals surface area contributed by atoms with E-state index in [1.165, 1.54) is 6.42 Å². The number of aromatic nitrogens is 2. The molecule has 2 heterocycles. The molecule has 0 aliphatic carbocycles. The van der Waals surface area contributed by atoms with Crippen LogP contribution in [0, 0.1) is 0 Å². The number of nitrogens with one attached hydrogen (secondary N) is 1. The van der Waals surface area contributed by atoms with E-state index in [0.717, 1.165) is 31.9 Å². The van der Waals surface area contributed by atoms with Crippen molar-refractivity contribution in [1.29, 1.82) is 0 Å². The number of hydrogen-bond acceptors (Lipinski definition) is 3. The first-order chi connectivity index (χ1) is 8.09. The van der Waals surface area contributed by atoms with E-state index < -0.39 is 0 Å². The van der Waals surface area contributed by atoms with Gasteiger partial charge in [-0.3, -0.25) is 4.68 Å². The topological polar surface area (TPSA) is 39.1 Å². The van der Waals surface area contributed by atoms with E-state index in [1.54, 1.807) is 0 Å². The van der Waals surface area contributed by atoms with Crippen LogP contribution in [0.1, 0.15) is 45.3 Å². The Morgan fingerprint density at radius 3 is 3.00 bits per heavy atom. The monoisotopic (exact) mass is 237 g/mol. The summed E-state index contributed by atoms with van der Waals surface area (Å²) >= 11 is 0. The van der Waals surface area contributed by atoms with Gasteiger partial charge in [0, 0.05) is 30.9 Å². The summed E-state index contributed by atoms with van der Waals surface area (Å²) in [5.41, 5.74) is 1.21. The average Bonchev–Trinajstić information content (AvgIpc) is 2.76. The van der Waals surface area contributed by atoms with Crippen LogP contribution in [0.25, 0.3) is 0 Å². The molecule has 1 atom stereocenters. The van der Waals surface area contributed by atoms with E-state index >= 15 is 0 Å². The van der Waals surface area contributed by atoms with Crippen LogP contribution >= 0.6 is 0 Å². The summed E-state index contributed by atoms with van der Waals surface area (Å²) in [6.07, 6.45) is 4.36. The fraction of sp³-hybridized carbons (Fsp3) is 0.769. The lowest BCUT2D eigenvalue weighted by molar-refractivity contribution is 0.0276. The highest BCUT2D eigenvalue weighted by atomic mass is 16.5. The van der Waals surface area contributed by atoms with E-state index in [0.29, 0.717) is 6.04 Å². The standard InChI is InChI=1S/C13H23N3O/c1-11(2)16-7-5-12(15-16)9-14-13(3)6-4-8-17-10-13/h5,7,11,14H,4,6,8-10H2,1-3H3. The third kappa shape index (κ3) is 3.30. The molecule has 1 aromatic rings. The lowest BCUT2D eigenvalue weighted by Crippen LogP contribution is -2.48. The van der Waals surface area contributed by atoms with Gasteiger partial charge in [-0.25, -0.2) is 0 Å². The Hall–Kier alpha value is -0.870. The van der Waals surface area contributed by atoms with Crippen molar-refractivity contribution >= 4 is 0 Å². The maximum absolute atomic E-state index is 5.53. The van der Waals surface area contributed by atoms with Crippen molar-refractivity contribution in [3.05, 3.63) is 18.0 Å². The normalized spacial score (nSPS) is 25.4. The van der Waals surface area contributed by atoms with E-state index in [-0.39, 0.29) is 5.54 Å². The molecule has 0 amide bonds. The minimum Gasteiger partial charge on any atom is -0.380 e. The predicted octanol–water partition coefficient (Wildman–Crippen LogP) is 2.12. The third-order valence-corrected chi connectivity index (χ3v) is 3.33. The quantitative estimate of drug-likeness (QED) is 0.872. The van der Waals surface area contributed by atoms with Crippen molar-refractivity contribution < 1.29 is 4.74 Å². The number of nitrogens with zero attached hydrogens (tertiary/aromatic N) is 2. The molecule has 1 aliphatic heterocycles. The third-order valence-electron chi connectivity index (χ3n) is 3.33. The smallest absolute Gasteiger partial charge is 0.0762 e. The molecule has 1 aliphatic rings. The van der Waals surface area contributed by atoms with Crippen LogP contribution in [0.3, 0.4) is 0 Å². The van der Waals surface area contributed by atoms with Crippen LogP contribution in [0.5, 0.6) is 0 Å². The summed E-state index contributed by atoms with van der Waals surface area (Å²) in [7, 11) is 0. The summed E-state index contributed by atoms with van der Waals surface area (Å²) in [6, 6.07) is 2.51. The molecule has 1 unspecified atom stereocenters. The van der Waals surface area contributed by atoms with Gasteiger partial charge in [0.25, 0.3) is 0 Å². The molecule has 1 fully saturated rings. The van der Waals surface area contributed by atoms with Gasteiger partial charge < -0.3 is 10.1 Å². The molecule has 1 saturated heterocycles. The molecule has 1 N–H and O–H groups in total. The Kier molecular flexibility index (Phi) is 3.84. The van der Waals surface area contributed by atoms with Gasteiger partial charge in [0.2, 0.25) is 0 Å². The van der Waals surface area contributed by atoms with E-state index in [4.69, 9.17) is 4.74 Å². The molecule has 1 aromatic heterocycles. The van der Waals surface area contributed by atoms with Crippen LogP contribution in [0.15, 0.2) is 12.3 Å². The highest BCUT2D eigenvalue weighted by Crippen LogP contribution is 2.18. The molecule has 0 bridgehead atoms. The van der Waals surface area contributed by atoms with Gasteiger partial charge in [0.1, 0.15) is 0 Å². The number of rotatable bonds is 4. The molecular formula is C13H23N3O. The van der Waals surface area contributed by atoms with Crippen molar-refractivity contribution in [3.8, 4) is 0 Å². The molecule has 2 rings (SSSR count). The maximum Gasteiger partial charge on any atom is 0.0762 e. The van der Waals surface area contributed by atoms with Crippen LogP contribution in [-0.4, -0.2) is 28.5 Å². The van der Waals surface area contributed by atoms with E-state index in [1.807, 2.05) is 10.9 Å². The second kappa shape index (κ2) is 5.19. The number of hydrogen-bond donors (Lipinski definition) is 1. The van der Waals surface area contributed by atoms with E-state index in [9.17, 15) is 0 Å². The van der Waals surface area contributed by atoms with Gasteiger partial charge in [-0.1, -0.05) is 0 Å². The summed E-state index contributed by atoms with van der Waals surface area (Å²) in [4.78, 5) is 0. The van der Waals surface area contributed by atoms with Gasteiger partial charge in [-0.15, -0.1) is 0 Å². The maximum atomic E-state index is 5.53. The Labute approximate surface area is 103 Å². The molecule has 4 nitrogen and oxygen atoms in total. The Morgan fingerprint density at radius 1 is 1.59 bits per heavy atom. The second-order valence-electron chi connectivity index (χ2n) is 5.45. The SMILES string of the molecule is CC(C)n1ccc(CNC2(C)CCCOC2)n1. The molecule has 17 heavy (non-hydrogen) atoms.